The molecule has 3 rings (SSSR count). The Hall–Kier alpha value is -3.34. The Morgan fingerprint density at radius 2 is 1.67 bits per heavy atom. The van der Waals surface area contributed by atoms with E-state index in [0.29, 0.717) is 19.4 Å². The normalized spacial score (nSPS) is 12.7. The lowest BCUT2D eigenvalue weighted by Crippen LogP contribution is -2.49. The summed E-state index contributed by atoms with van der Waals surface area (Å²) < 4.78 is 5.24. The van der Waals surface area contributed by atoms with Crippen LogP contribution in [0.1, 0.15) is 44.7 Å². The van der Waals surface area contributed by atoms with Gasteiger partial charge in [0, 0.05) is 19.0 Å². The smallest absolute Gasteiger partial charge is 0.242 e. The molecule has 0 aliphatic rings. The molecule has 2 amide bonds. The molecule has 0 saturated carbocycles. The van der Waals surface area contributed by atoms with Gasteiger partial charge >= 0.3 is 0 Å². The Kier molecular flexibility index (Phi) is 8.47. The van der Waals surface area contributed by atoms with Crippen molar-refractivity contribution in [2.24, 2.45) is 0 Å². The highest BCUT2D eigenvalue weighted by molar-refractivity contribution is 5.89. The number of rotatable bonds is 10. The van der Waals surface area contributed by atoms with E-state index in [9.17, 15) is 9.59 Å². The second-order valence-electron chi connectivity index (χ2n) is 8.50. The molecular weight excluding hydrogens is 412 g/mol. The molecule has 0 heterocycles. The van der Waals surface area contributed by atoms with E-state index in [0.717, 1.165) is 28.7 Å². The Morgan fingerprint density at radius 1 is 0.970 bits per heavy atom. The molecule has 0 spiro atoms. The molecule has 2 atom stereocenters. The van der Waals surface area contributed by atoms with Crippen LogP contribution in [-0.2, 0) is 22.6 Å². The minimum atomic E-state index is -0.568. The maximum Gasteiger partial charge on any atom is 0.242 e. The minimum absolute atomic E-state index is 0.0365. The average Bonchev–Trinajstić information content (AvgIpc) is 2.85. The second-order valence-corrected chi connectivity index (χ2v) is 8.50. The first-order valence-corrected chi connectivity index (χ1v) is 11.6. The van der Waals surface area contributed by atoms with E-state index >= 15 is 0 Å². The van der Waals surface area contributed by atoms with Gasteiger partial charge in [-0.2, -0.15) is 0 Å². The zero-order valence-corrected chi connectivity index (χ0v) is 20.0. The van der Waals surface area contributed by atoms with E-state index in [1.54, 1.807) is 18.9 Å². The van der Waals surface area contributed by atoms with Crippen LogP contribution in [0.5, 0.6) is 5.75 Å². The largest absolute Gasteiger partial charge is 0.497 e. The monoisotopic (exact) mass is 446 g/mol. The van der Waals surface area contributed by atoms with Gasteiger partial charge in [0.25, 0.3) is 0 Å². The highest BCUT2D eigenvalue weighted by atomic mass is 16.5. The molecule has 5 heteroatoms. The van der Waals surface area contributed by atoms with Crippen LogP contribution in [0, 0.1) is 0 Å². The number of amides is 2. The summed E-state index contributed by atoms with van der Waals surface area (Å²) in [7, 11) is 1.62. The van der Waals surface area contributed by atoms with E-state index in [2.05, 4.69) is 29.6 Å². The lowest BCUT2D eigenvalue weighted by atomic mass is 10.0. The number of fused-ring (bicyclic) bond motifs is 1. The summed E-state index contributed by atoms with van der Waals surface area (Å²) in [5.74, 6) is 0.595. The standard InChI is InChI=1S/C28H34N2O3/c1-5-20(2)29-28(32)21(3)30(19-22-13-16-25(33-4)17-14-22)27(31)18-15-24-11-8-10-23-9-6-7-12-26(23)24/h6-14,16-17,20-21H,5,15,18-19H2,1-4H3,(H,29,32). The van der Waals surface area contributed by atoms with Crippen LogP contribution >= 0.6 is 0 Å². The Labute approximate surface area is 196 Å². The number of nitrogens with zero attached hydrogens (tertiary/aromatic N) is 1. The van der Waals surface area contributed by atoms with E-state index < -0.39 is 6.04 Å². The third-order valence-electron chi connectivity index (χ3n) is 6.17. The van der Waals surface area contributed by atoms with Crippen LogP contribution in [0.25, 0.3) is 10.8 Å². The highest BCUT2D eigenvalue weighted by Crippen LogP contribution is 2.21. The number of aryl methyl sites for hydroxylation is 1. The lowest BCUT2D eigenvalue weighted by molar-refractivity contribution is -0.140. The number of carbonyl (C=O) groups excluding carboxylic acids is 2. The Bertz CT molecular complexity index is 1070. The lowest BCUT2D eigenvalue weighted by Gasteiger charge is -2.30. The minimum Gasteiger partial charge on any atom is -0.497 e. The number of nitrogens with one attached hydrogen (secondary N) is 1. The van der Waals surface area contributed by atoms with E-state index in [1.165, 1.54) is 5.39 Å². The van der Waals surface area contributed by atoms with Gasteiger partial charge in [0.15, 0.2) is 0 Å². The maximum atomic E-state index is 13.4. The van der Waals surface area contributed by atoms with Crippen LogP contribution in [0.15, 0.2) is 66.7 Å². The van der Waals surface area contributed by atoms with Gasteiger partial charge in [-0.1, -0.05) is 61.5 Å². The van der Waals surface area contributed by atoms with Gasteiger partial charge in [-0.05, 0) is 60.7 Å². The molecular formula is C28H34N2O3. The van der Waals surface area contributed by atoms with Crippen molar-refractivity contribution in [1.82, 2.24) is 10.2 Å². The van der Waals surface area contributed by atoms with Gasteiger partial charge in [0.1, 0.15) is 11.8 Å². The van der Waals surface area contributed by atoms with Gasteiger partial charge < -0.3 is 15.0 Å². The first-order valence-electron chi connectivity index (χ1n) is 11.6. The van der Waals surface area contributed by atoms with Crippen LogP contribution in [0.2, 0.25) is 0 Å². The summed E-state index contributed by atoms with van der Waals surface area (Å²) in [6.45, 7) is 6.17. The molecule has 3 aromatic rings. The van der Waals surface area contributed by atoms with Gasteiger partial charge in [-0.25, -0.2) is 0 Å². The molecule has 0 aromatic heterocycles. The molecule has 0 aliphatic heterocycles. The molecule has 1 N–H and O–H groups in total. The summed E-state index contributed by atoms with van der Waals surface area (Å²) in [6, 6.07) is 21.5. The molecule has 33 heavy (non-hydrogen) atoms. The quantitative estimate of drug-likeness (QED) is 0.471. The molecule has 3 aromatic carbocycles. The molecule has 0 bridgehead atoms. The van der Waals surface area contributed by atoms with Crippen molar-refractivity contribution in [3.63, 3.8) is 0 Å². The maximum absolute atomic E-state index is 13.4. The van der Waals surface area contributed by atoms with E-state index in [-0.39, 0.29) is 17.9 Å². The average molecular weight is 447 g/mol. The number of methoxy groups -OCH3 is 1. The summed E-state index contributed by atoms with van der Waals surface area (Å²) >= 11 is 0. The summed E-state index contributed by atoms with van der Waals surface area (Å²) in [4.78, 5) is 28.0. The van der Waals surface area contributed by atoms with Crippen LogP contribution in [0.4, 0.5) is 0 Å². The van der Waals surface area contributed by atoms with Crippen molar-refractivity contribution in [1.29, 1.82) is 0 Å². The van der Waals surface area contributed by atoms with Crippen LogP contribution < -0.4 is 10.1 Å². The summed E-state index contributed by atoms with van der Waals surface area (Å²) in [6.07, 6.45) is 1.80. The van der Waals surface area contributed by atoms with Crippen molar-refractivity contribution >= 4 is 22.6 Å². The molecule has 0 radical (unpaired) electrons. The Balaban J connectivity index is 1.78. The first kappa shape index (κ1) is 24.3. The number of hydrogen-bond donors (Lipinski definition) is 1. The van der Waals surface area contributed by atoms with E-state index in [1.807, 2.05) is 56.3 Å². The molecule has 5 nitrogen and oxygen atoms in total. The first-order chi connectivity index (χ1) is 15.9. The van der Waals surface area contributed by atoms with Crippen LogP contribution in [-0.4, -0.2) is 35.9 Å². The van der Waals surface area contributed by atoms with Crippen molar-refractivity contribution in [2.45, 2.75) is 58.7 Å². The SMILES string of the molecule is CCC(C)NC(=O)C(C)N(Cc1ccc(OC)cc1)C(=O)CCc1cccc2ccccc12. The van der Waals surface area contributed by atoms with Crippen molar-refractivity contribution in [3.8, 4) is 5.75 Å². The fraction of sp³-hybridized carbons (Fsp3) is 0.357. The second kappa shape index (κ2) is 11.5. The molecule has 0 aliphatic carbocycles. The predicted octanol–water partition coefficient (Wildman–Crippen LogP) is 5.11. The topological polar surface area (TPSA) is 58.6 Å². The number of carbonyl (C=O) groups is 2. The van der Waals surface area contributed by atoms with Gasteiger partial charge in [0.2, 0.25) is 11.8 Å². The third-order valence-corrected chi connectivity index (χ3v) is 6.17. The fourth-order valence-electron chi connectivity index (χ4n) is 3.87. The summed E-state index contributed by atoms with van der Waals surface area (Å²) in [5, 5.41) is 5.34. The third kappa shape index (κ3) is 6.35. The molecule has 2 unspecified atom stereocenters. The number of hydrogen-bond acceptors (Lipinski definition) is 3. The van der Waals surface area contributed by atoms with Gasteiger partial charge in [-0.15, -0.1) is 0 Å². The highest BCUT2D eigenvalue weighted by Gasteiger charge is 2.26. The van der Waals surface area contributed by atoms with Gasteiger partial charge in [-0.3, -0.25) is 9.59 Å². The van der Waals surface area contributed by atoms with Crippen molar-refractivity contribution < 1.29 is 14.3 Å². The Morgan fingerprint density at radius 3 is 2.36 bits per heavy atom. The molecule has 0 fully saturated rings. The fourth-order valence-corrected chi connectivity index (χ4v) is 3.87. The van der Waals surface area contributed by atoms with E-state index in [4.69, 9.17) is 4.74 Å². The number of benzene rings is 3. The predicted molar refractivity (Wildman–Crippen MR) is 133 cm³/mol. The zero-order chi connectivity index (χ0) is 23.8. The van der Waals surface area contributed by atoms with Crippen LogP contribution in [0.3, 0.4) is 0 Å². The summed E-state index contributed by atoms with van der Waals surface area (Å²) in [5.41, 5.74) is 2.10. The number of ether oxygens (including phenoxy) is 1. The van der Waals surface area contributed by atoms with Crippen molar-refractivity contribution in [3.05, 3.63) is 77.9 Å². The molecule has 0 saturated heterocycles. The molecule has 174 valence electrons. The van der Waals surface area contributed by atoms with Crippen molar-refractivity contribution in [2.75, 3.05) is 7.11 Å². The van der Waals surface area contributed by atoms with Gasteiger partial charge in [0.05, 0.1) is 7.11 Å². The zero-order valence-electron chi connectivity index (χ0n) is 20.0.